The molecular formula is C16H27N. The Balaban J connectivity index is 2.62. The highest BCUT2D eigenvalue weighted by molar-refractivity contribution is 5.20. The van der Waals surface area contributed by atoms with Crippen LogP contribution in [0.1, 0.15) is 71.3 Å². The summed E-state index contributed by atoms with van der Waals surface area (Å²) in [6.07, 6.45) is 13.1. The molecule has 96 valence electrons. The Bertz CT molecular complexity index is 294. The lowest BCUT2D eigenvalue weighted by Crippen LogP contribution is -2.21. The zero-order valence-corrected chi connectivity index (χ0v) is 11.7. The minimum atomic E-state index is 0.330. The summed E-state index contributed by atoms with van der Waals surface area (Å²) in [5, 5.41) is 0. The van der Waals surface area contributed by atoms with Crippen LogP contribution in [0.4, 0.5) is 0 Å². The van der Waals surface area contributed by atoms with E-state index in [1.54, 1.807) is 0 Å². The molecule has 0 radical (unpaired) electrons. The van der Waals surface area contributed by atoms with Crippen LogP contribution in [-0.2, 0) is 5.41 Å². The third-order valence-electron chi connectivity index (χ3n) is 3.74. The molecule has 0 N–H and O–H groups in total. The van der Waals surface area contributed by atoms with Crippen LogP contribution in [-0.4, -0.2) is 4.98 Å². The van der Waals surface area contributed by atoms with E-state index in [1.165, 1.54) is 50.5 Å². The van der Waals surface area contributed by atoms with Gasteiger partial charge in [-0.25, -0.2) is 0 Å². The Morgan fingerprint density at radius 1 is 1.06 bits per heavy atom. The summed E-state index contributed by atoms with van der Waals surface area (Å²) >= 11 is 0. The third-order valence-corrected chi connectivity index (χ3v) is 3.74. The number of hydrogen-bond acceptors (Lipinski definition) is 1. The Morgan fingerprint density at radius 3 is 2.47 bits per heavy atom. The first-order valence-corrected chi connectivity index (χ1v) is 7.13. The van der Waals surface area contributed by atoms with Gasteiger partial charge in [0, 0.05) is 12.4 Å². The molecule has 0 aromatic carbocycles. The number of aromatic nitrogens is 1. The lowest BCUT2D eigenvalue weighted by Gasteiger charge is -2.29. The van der Waals surface area contributed by atoms with Crippen molar-refractivity contribution >= 4 is 0 Å². The van der Waals surface area contributed by atoms with Gasteiger partial charge in [0.1, 0.15) is 0 Å². The monoisotopic (exact) mass is 233 g/mol. The van der Waals surface area contributed by atoms with E-state index in [9.17, 15) is 0 Å². The van der Waals surface area contributed by atoms with Crippen molar-refractivity contribution in [2.45, 2.75) is 71.1 Å². The smallest absolute Gasteiger partial charge is 0.0305 e. The molecule has 0 saturated heterocycles. The number of nitrogens with zero attached hydrogens (tertiary/aromatic N) is 1. The van der Waals surface area contributed by atoms with E-state index in [4.69, 9.17) is 0 Å². The number of pyridine rings is 1. The van der Waals surface area contributed by atoms with Crippen LogP contribution >= 0.6 is 0 Å². The summed E-state index contributed by atoms with van der Waals surface area (Å²) in [7, 11) is 0. The predicted molar refractivity (Wildman–Crippen MR) is 75.3 cm³/mol. The second-order valence-corrected chi connectivity index (χ2v) is 5.36. The van der Waals surface area contributed by atoms with Gasteiger partial charge < -0.3 is 0 Å². The summed E-state index contributed by atoms with van der Waals surface area (Å²) in [6, 6.07) is 4.30. The molecule has 1 nitrogen and oxygen atoms in total. The number of rotatable bonds is 8. The molecule has 0 saturated carbocycles. The minimum Gasteiger partial charge on any atom is -0.264 e. The standard InChI is InChI=1S/C16H27N/c1-4-6-7-8-12-16(3,11-5-2)15-10-9-13-17-14-15/h9-10,13-14H,4-8,11-12H2,1-3H3. The molecule has 1 heterocycles. The van der Waals surface area contributed by atoms with Gasteiger partial charge in [0.25, 0.3) is 0 Å². The maximum atomic E-state index is 4.28. The molecule has 0 aliphatic rings. The molecule has 0 fully saturated rings. The second kappa shape index (κ2) is 7.47. The zero-order chi connectivity index (χ0) is 12.6. The van der Waals surface area contributed by atoms with Crippen molar-refractivity contribution in [1.29, 1.82) is 0 Å². The van der Waals surface area contributed by atoms with Gasteiger partial charge in [-0.15, -0.1) is 0 Å². The van der Waals surface area contributed by atoms with Crippen LogP contribution in [0, 0.1) is 0 Å². The van der Waals surface area contributed by atoms with Crippen LogP contribution in [0.5, 0.6) is 0 Å². The Kier molecular flexibility index (Phi) is 6.25. The van der Waals surface area contributed by atoms with E-state index in [0.717, 1.165) is 0 Å². The lowest BCUT2D eigenvalue weighted by atomic mass is 9.75. The quantitative estimate of drug-likeness (QED) is 0.569. The maximum absolute atomic E-state index is 4.28. The van der Waals surface area contributed by atoms with Gasteiger partial charge in [0.15, 0.2) is 0 Å². The molecule has 0 bridgehead atoms. The number of unbranched alkanes of at least 4 members (excludes halogenated alkanes) is 3. The Morgan fingerprint density at radius 2 is 1.88 bits per heavy atom. The average molecular weight is 233 g/mol. The van der Waals surface area contributed by atoms with Crippen molar-refractivity contribution in [3.63, 3.8) is 0 Å². The van der Waals surface area contributed by atoms with Gasteiger partial charge in [0.2, 0.25) is 0 Å². The fourth-order valence-electron chi connectivity index (χ4n) is 2.63. The van der Waals surface area contributed by atoms with Crippen molar-refractivity contribution in [3.05, 3.63) is 30.1 Å². The summed E-state index contributed by atoms with van der Waals surface area (Å²) in [5.41, 5.74) is 1.75. The zero-order valence-electron chi connectivity index (χ0n) is 11.7. The molecule has 0 amide bonds. The highest BCUT2D eigenvalue weighted by Crippen LogP contribution is 2.34. The van der Waals surface area contributed by atoms with Gasteiger partial charge in [-0.3, -0.25) is 4.98 Å². The van der Waals surface area contributed by atoms with E-state index in [0.29, 0.717) is 5.41 Å². The van der Waals surface area contributed by atoms with Gasteiger partial charge in [-0.2, -0.15) is 0 Å². The third kappa shape index (κ3) is 4.49. The first-order chi connectivity index (χ1) is 8.23. The van der Waals surface area contributed by atoms with Gasteiger partial charge in [0.05, 0.1) is 0 Å². The van der Waals surface area contributed by atoms with Crippen molar-refractivity contribution < 1.29 is 0 Å². The van der Waals surface area contributed by atoms with E-state index >= 15 is 0 Å². The molecule has 1 atom stereocenters. The highest BCUT2D eigenvalue weighted by atomic mass is 14.6. The van der Waals surface area contributed by atoms with E-state index in [-0.39, 0.29) is 0 Å². The van der Waals surface area contributed by atoms with Gasteiger partial charge >= 0.3 is 0 Å². The fourth-order valence-corrected chi connectivity index (χ4v) is 2.63. The molecule has 1 rings (SSSR count). The summed E-state index contributed by atoms with van der Waals surface area (Å²) in [4.78, 5) is 4.28. The maximum Gasteiger partial charge on any atom is 0.0305 e. The van der Waals surface area contributed by atoms with Crippen LogP contribution in [0.3, 0.4) is 0 Å². The van der Waals surface area contributed by atoms with Crippen LogP contribution in [0.25, 0.3) is 0 Å². The summed E-state index contributed by atoms with van der Waals surface area (Å²) < 4.78 is 0. The Hall–Kier alpha value is -0.850. The predicted octanol–water partition coefficient (Wildman–Crippen LogP) is 5.11. The van der Waals surface area contributed by atoms with Crippen molar-refractivity contribution in [1.82, 2.24) is 4.98 Å². The van der Waals surface area contributed by atoms with Crippen LogP contribution < -0.4 is 0 Å². The topological polar surface area (TPSA) is 12.9 Å². The molecule has 1 heteroatoms. The first kappa shape index (κ1) is 14.2. The average Bonchev–Trinajstić information content (AvgIpc) is 2.36. The lowest BCUT2D eigenvalue weighted by molar-refractivity contribution is 0.376. The van der Waals surface area contributed by atoms with Crippen molar-refractivity contribution in [2.75, 3.05) is 0 Å². The SMILES string of the molecule is CCCCCCC(C)(CCC)c1cccnc1. The molecular weight excluding hydrogens is 206 g/mol. The second-order valence-electron chi connectivity index (χ2n) is 5.36. The molecule has 1 unspecified atom stereocenters. The van der Waals surface area contributed by atoms with E-state index < -0.39 is 0 Å². The number of hydrogen-bond donors (Lipinski definition) is 0. The molecule has 0 aliphatic carbocycles. The van der Waals surface area contributed by atoms with Crippen molar-refractivity contribution in [2.24, 2.45) is 0 Å². The molecule has 1 aromatic heterocycles. The summed E-state index contributed by atoms with van der Waals surface area (Å²) in [6.45, 7) is 6.95. The normalized spacial score (nSPS) is 14.5. The van der Waals surface area contributed by atoms with Crippen LogP contribution in [0.15, 0.2) is 24.5 Å². The molecule has 1 aromatic rings. The van der Waals surface area contributed by atoms with Crippen molar-refractivity contribution in [3.8, 4) is 0 Å². The fraction of sp³-hybridized carbons (Fsp3) is 0.688. The molecule has 0 spiro atoms. The largest absolute Gasteiger partial charge is 0.264 e. The van der Waals surface area contributed by atoms with Gasteiger partial charge in [-0.1, -0.05) is 58.9 Å². The summed E-state index contributed by atoms with van der Waals surface area (Å²) in [5.74, 6) is 0. The van der Waals surface area contributed by atoms with Gasteiger partial charge in [-0.05, 0) is 29.9 Å². The van der Waals surface area contributed by atoms with Crippen LogP contribution in [0.2, 0.25) is 0 Å². The highest BCUT2D eigenvalue weighted by Gasteiger charge is 2.24. The molecule has 17 heavy (non-hydrogen) atoms. The van der Waals surface area contributed by atoms with E-state index in [2.05, 4.69) is 44.1 Å². The molecule has 0 aliphatic heterocycles. The Labute approximate surface area is 107 Å². The van der Waals surface area contributed by atoms with E-state index in [1.807, 2.05) is 6.20 Å². The minimum absolute atomic E-state index is 0.330. The first-order valence-electron chi connectivity index (χ1n) is 7.13.